The average molecular weight is 297 g/mol. The van der Waals surface area contributed by atoms with Gasteiger partial charge in [-0.15, -0.1) is 0 Å². The first-order valence-electron chi connectivity index (χ1n) is 6.76. The fourth-order valence-electron chi connectivity index (χ4n) is 1.98. The lowest BCUT2D eigenvalue weighted by atomic mass is 10.2. The van der Waals surface area contributed by atoms with Gasteiger partial charge in [0.05, 0.1) is 0 Å². The van der Waals surface area contributed by atoms with E-state index < -0.39 is 11.6 Å². The van der Waals surface area contributed by atoms with Gasteiger partial charge in [0.2, 0.25) is 5.82 Å². The van der Waals surface area contributed by atoms with Gasteiger partial charge in [0.1, 0.15) is 5.75 Å². The van der Waals surface area contributed by atoms with Crippen LogP contribution in [0.5, 0.6) is 11.5 Å². The summed E-state index contributed by atoms with van der Waals surface area (Å²) >= 11 is 0. The normalized spacial score (nSPS) is 10.3. The van der Waals surface area contributed by atoms with Crippen molar-refractivity contribution < 1.29 is 13.5 Å². The van der Waals surface area contributed by atoms with Gasteiger partial charge in [0.25, 0.3) is 0 Å². The van der Waals surface area contributed by atoms with Crippen LogP contribution in [0.1, 0.15) is 0 Å². The summed E-state index contributed by atoms with van der Waals surface area (Å²) in [5.41, 5.74) is 1.84. The van der Waals surface area contributed by atoms with Crippen molar-refractivity contribution in [2.75, 3.05) is 5.32 Å². The molecule has 0 atom stereocenters. The molecule has 3 aromatic carbocycles. The van der Waals surface area contributed by atoms with Crippen LogP contribution in [0.25, 0.3) is 0 Å². The van der Waals surface area contributed by atoms with Crippen LogP contribution < -0.4 is 10.1 Å². The molecule has 3 aromatic rings. The number of nitrogens with one attached hydrogen (secondary N) is 1. The predicted octanol–water partition coefficient (Wildman–Crippen LogP) is 5.50. The van der Waals surface area contributed by atoms with E-state index in [9.17, 15) is 8.78 Å². The minimum atomic E-state index is -0.992. The molecular formula is C18H13F2NO. The molecule has 0 spiro atoms. The number of hydrogen-bond acceptors (Lipinski definition) is 2. The van der Waals surface area contributed by atoms with Crippen molar-refractivity contribution in [3.8, 4) is 11.5 Å². The van der Waals surface area contributed by atoms with Crippen LogP contribution >= 0.6 is 0 Å². The largest absolute Gasteiger partial charge is 0.454 e. The quantitative estimate of drug-likeness (QED) is 0.686. The molecule has 0 fully saturated rings. The van der Waals surface area contributed by atoms with Gasteiger partial charge in [-0.3, -0.25) is 0 Å². The number of rotatable bonds is 4. The first-order valence-corrected chi connectivity index (χ1v) is 6.76. The van der Waals surface area contributed by atoms with Gasteiger partial charge in [0, 0.05) is 11.4 Å². The predicted molar refractivity (Wildman–Crippen MR) is 82.6 cm³/mol. The molecule has 0 aromatic heterocycles. The monoisotopic (exact) mass is 297 g/mol. The van der Waals surface area contributed by atoms with Gasteiger partial charge < -0.3 is 10.1 Å². The van der Waals surface area contributed by atoms with Crippen molar-refractivity contribution in [2.24, 2.45) is 0 Å². The van der Waals surface area contributed by atoms with Crippen molar-refractivity contribution in [3.05, 3.63) is 84.4 Å². The number of anilines is 2. The number of para-hydroxylation sites is 1. The Bertz CT molecular complexity index is 758. The zero-order valence-corrected chi connectivity index (χ0v) is 11.6. The van der Waals surface area contributed by atoms with Crippen LogP contribution in [0.15, 0.2) is 72.8 Å². The third-order valence-electron chi connectivity index (χ3n) is 3.06. The zero-order chi connectivity index (χ0) is 15.4. The molecule has 0 aliphatic carbocycles. The summed E-state index contributed by atoms with van der Waals surface area (Å²) in [5, 5.41) is 3.23. The maximum atomic E-state index is 13.5. The van der Waals surface area contributed by atoms with E-state index in [4.69, 9.17) is 4.74 Å². The molecule has 4 heteroatoms. The summed E-state index contributed by atoms with van der Waals surface area (Å²) < 4.78 is 32.0. The molecule has 1 N–H and O–H groups in total. The summed E-state index contributed by atoms with van der Waals surface area (Å²) in [5.74, 6) is -1.62. The maximum absolute atomic E-state index is 13.5. The zero-order valence-electron chi connectivity index (χ0n) is 11.6. The van der Waals surface area contributed by atoms with Gasteiger partial charge in [-0.25, -0.2) is 4.39 Å². The minimum Gasteiger partial charge on any atom is -0.454 e. The molecule has 0 bridgehead atoms. The summed E-state index contributed by atoms with van der Waals surface area (Å²) in [6.45, 7) is 0. The summed E-state index contributed by atoms with van der Waals surface area (Å²) in [6.07, 6.45) is 0. The Hall–Kier alpha value is -2.88. The molecular weight excluding hydrogens is 284 g/mol. The fraction of sp³-hybridized carbons (Fsp3) is 0. The smallest absolute Gasteiger partial charge is 0.201 e. The van der Waals surface area contributed by atoms with Crippen molar-refractivity contribution in [1.82, 2.24) is 0 Å². The Balaban J connectivity index is 1.73. The van der Waals surface area contributed by atoms with E-state index >= 15 is 0 Å². The highest BCUT2D eigenvalue weighted by Crippen LogP contribution is 2.27. The molecule has 0 heterocycles. The molecule has 0 amide bonds. The number of hydrogen-bond donors (Lipinski definition) is 1. The van der Waals surface area contributed by atoms with Crippen LogP contribution in [0.4, 0.5) is 20.2 Å². The second-order valence-corrected chi connectivity index (χ2v) is 4.67. The Morgan fingerprint density at radius 2 is 1.36 bits per heavy atom. The molecule has 110 valence electrons. The first kappa shape index (κ1) is 14.1. The highest BCUT2D eigenvalue weighted by atomic mass is 19.2. The van der Waals surface area contributed by atoms with Gasteiger partial charge in [-0.05, 0) is 48.5 Å². The minimum absolute atomic E-state index is 0.135. The lowest BCUT2D eigenvalue weighted by Gasteiger charge is -2.09. The van der Waals surface area contributed by atoms with E-state index in [1.54, 1.807) is 24.3 Å². The summed E-state index contributed by atoms with van der Waals surface area (Å²) in [4.78, 5) is 0. The molecule has 3 rings (SSSR count). The molecule has 0 saturated heterocycles. The Morgan fingerprint density at radius 3 is 2.09 bits per heavy atom. The third-order valence-corrected chi connectivity index (χ3v) is 3.06. The molecule has 0 unspecified atom stereocenters. The molecule has 0 radical (unpaired) electrons. The van der Waals surface area contributed by atoms with Crippen LogP contribution in [0, 0.1) is 11.6 Å². The van der Waals surface area contributed by atoms with E-state index in [2.05, 4.69) is 5.32 Å². The van der Waals surface area contributed by atoms with E-state index in [0.29, 0.717) is 5.75 Å². The summed E-state index contributed by atoms with van der Waals surface area (Å²) in [6, 6.07) is 20.5. The highest BCUT2D eigenvalue weighted by molar-refractivity contribution is 5.60. The van der Waals surface area contributed by atoms with Crippen LogP contribution in [-0.2, 0) is 0 Å². The van der Waals surface area contributed by atoms with E-state index in [1.807, 2.05) is 30.3 Å². The van der Waals surface area contributed by atoms with E-state index in [1.165, 1.54) is 12.1 Å². The molecule has 0 aliphatic rings. The average Bonchev–Trinajstić information content (AvgIpc) is 2.55. The van der Waals surface area contributed by atoms with Gasteiger partial charge in [-0.2, -0.15) is 4.39 Å². The molecule has 2 nitrogen and oxygen atoms in total. The molecule has 0 saturated carbocycles. The van der Waals surface area contributed by atoms with Crippen LogP contribution in [0.3, 0.4) is 0 Å². The standard InChI is InChI=1S/C18H13F2NO/c19-16-7-4-8-17(18(16)20)22-15-11-9-14(10-12-15)21-13-5-2-1-3-6-13/h1-12,21H. The van der Waals surface area contributed by atoms with Crippen LogP contribution in [-0.4, -0.2) is 0 Å². The SMILES string of the molecule is Fc1cccc(Oc2ccc(Nc3ccccc3)cc2)c1F. The van der Waals surface area contributed by atoms with Crippen molar-refractivity contribution in [3.63, 3.8) is 0 Å². The molecule has 22 heavy (non-hydrogen) atoms. The van der Waals surface area contributed by atoms with Crippen molar-refractivity contribution >= 4 is 11.4 Å². The first-order chi connectivity index (χ1) is 10.7. The van der Waals surface area contributed by atoms with Gasteiger partial charge in [0.15, 0.2) is 11.6 Å². The molecule has 0 aliphatic heterocycles. The van der Waals surface area contributed by atoms with Gasteiger partial charge >= 0.3 is 0 Å². The second kappa shape index (κ2) is 6.26. The third kappa shape index (κ3) is 3.23. The topological polar surface area (TPSA) is 21.3 Å². The van der Waals surface area contributed by atoms with E-state index in [-0.39, 0.29) is 5.75 Å². The fourth-order valence-corrected chi connectivity index (χ4v) is 1.98. The lowest BCUT2D eigenvalue weighted by molar-refractivity contribution is 0.416. The number of ether oxygens (including phenoxy) is 1. The maximum Gasteiger partial charge on any atom is 0.201 e. The van der Waals surface area contributed by atoms with Crippen molar-refractivity contribution in [1.29, 1.82) is 0 Å². The Morgan fingerprint density at radius 1 is 0.682 bits per heavy atom. The van der Waals surface area contributed by atoms with Crippen molar-refractivity contribution in [2.45, 2.75) is 0 Å². The van der Waals surface area contributed by atoms with E-state index in [0.717, 1.165) is 17.4 Å². The Labute approximate surface area is 127 Å². The number of benzene rings is 3. The lowest BCUT2D eigenvalue weighted by Crippen LogP contribution is -1.92. The summed E-state index contributed by atoms with van der Waals surface area (Å²) in [7, 11) is 0. The second-order valence-electron chi connectivity index (χ2n) is 4.67. The van der Waals surface area contributed by atoms with Gasteiger partial charge in [-0.1, -0.05) is 24.3 Å². The Kier molecular flexibility index (Phi) is 4.01. The number of halogens is 2. The van der Waals surface area contributed by atoms with Crippen LogP contribution in [0.2, 0.25) is 0 Å². The highest BCUT2D eigenvalue weighted by Gasteiger charge is 2.09.